The summed E-state index contributed by atoms with van der Waals surface area (Å²) in [6, 6.07) is 6.69. The van der Waals surface area contributed by atoms with E-state index in [1.54, 1.807) is 0 Å². The van der Waals surface area contributed by atoms with E-state index in [9.17, 15) is 0 Å². The van der Waals surface area contributed by atoms with Crippen molar-refractivity contribution in [1.82, 2.24) is 5.32 Å². The molecule has 0 aliphatic rings. The Labute approximate surface area is 119 Å². The Balaban J connectivity index is 2.75. The molecule has 0 amide bonds. The maximum absolute atomic E-state index is 6.01. The molecular formula is C15H24BrNO. The Kier molecular flexibility index (Phi) is 6.72. The zero-order valence-corrected chi connectivity index (χ0v) is 13.4. The number of hydrogen-bond donors (Lipinski definition) is 1. The molecule has 102 valence electrons. The summed E-state index contributed by atoms with van der Waals surface area (Å²) in [5.74, 6) is 0.993. The van der Waals surface area contributed by atoms with E-state index in [0.29, 0.717) is 6.04 Å². The lowest BCUT2D eigenvalue weighted by atomic mass is 10.1. The van der Waals surface area contributed by atoms with Gasteiger partial charge in [-0.15, -0.1) is 0 Å². The molecule has 0 spiro atoms. The van der Waals surface area contributed by atoms with Crippen LogP contribution in [-0.4, -0.2) is 12.1 Å². The van der Waals surface area contributed by atoms with Crippen LogP contribution in [0.1, 0.15) is 46.1 Å². The number of rotatable bonds is 7. The zero-order valence-electron chi connectivity index (χ0n) is 11.8. The molecule has 0 saturated heterocycles. The van der Waals surface area contributed by atoms with Gasteiger partial charge in [-0.3, -0.25) is 0 Å². The van der Waals surface area contributed by atoms with Crippen LogP contribution in [-0.2, 0) is 6.54 Å². The van der Waals surface area contributed by atoms with Crippen molar-refractivity contribution in [2.45, 2.75) is 59.2 Å². The molecule has 0 fully saturated rings. The molecule has 0 bridgehead atoms. The van der Waals surface area contributed by atoms with Gasteiger partial charge in [0, 0.05) is 22.6 Å². The van der Waals surface area contributed by atoms with Crippen molar-refractivity contribution < 1.29 is 4.74 Å². The smallest absolute Gasteiger partial charge is 0.124 e. The number of benzene rings is 1. The average molecular weight is 314 g/mol. The number of nitrogens with one attached hydrogen (secondary N) is 1. The second-order valence-electron chi connectivity index (χ2n) is 5.00. The maximum Gasteiger partial charge on any atom is 0.124 e. The van der Waals surface area contributed by atoms with Crippen molar-refractivity contribution in [3.8, 4) is 5.75 Å². The highest BCUT2D eigenvalue weighted by atomic mass is 79.9. The summed E-state index contributed by atoms with van der Waals surface area (Å²) in [5, 5.41) is 3.43. The second kappa shape index (κ2) is 7.80. The zero-order chi connectivity index (χ0) is 13.5. The first-order valence-electron chi connectivity index (χ1n) is 6.71. The highest BCUT2D eigenvalue weighted by molar-refractivity contribution is 9.10. The molecule has 0 heterocycles. The van der Waals surface area contributed by atoms with Crippen molar-refractivity contribution in [2.24, 2.45) is 0 Å². The van der Waals surface area contributed by atoms with Gasteiger partial charge in [0.05, 0.1) is 6.10 Å². The van der Waals surface area contributed by atoms with Crippen LogP contribution in [0.3, 0.4) is 0 Å². The standard InChI is InChI=1S/C15H24BrNO/c1-5-6-12(4)18-15-8-7-14(16)9-13(15)10-17-11(2)3/h7-9,11-12,17H,5-6,10H2,1-4H3. The minimum absolute atomic E-state index is 0.272. The van der Waals surface area contributed by atoms with Gasteiger partial charge in [0.1, 0.15) is 5.75 Å². The van der Waals surface area contributed by atoms with E-state index < -0.39 is 0 Å². The highest BCUT2D eigenvalue weighted by Gasteiger charge is 2.09. The average Bonchev–Trinajstić information content (AvgIpc) is 2.29. The molecule has 1 unspecified atom stereocenters. The second-order valence-corrected chi connectivity index (χ2v) is 5.92. The summed E-state index contributed by atoms with van der Waals surface area (Å²) < 4.78 is 7.11. The normalized spacial score (nSPS) is 12.8. The van der Waals surface area contributed by atoms with Crippen LogP contribution in [0.5, 0.6) is 5.75 Å². The van der Waals surface area contributed by atoms with Gasteiger partial charge in [-0.25, -0.2) is 0 Å². The SMILES string of the molecule is CCCC(C)Oc1ccc(Br)cc1CNC(C)C. The lowest BCUT2D eigenvalue weighted by Gasteiger charge is -2.18. The Morgan fingerprint density at radius 1 is 1.28 bits per heavy atom. The van der Waals surface area contributed by atoms with Gasteiger partial charge in [0.15, 0.2) is 0 Å². The topological polar surface area (TPSA) is 21.3 Å². The Morgan fingerprint density at radius 2 is 2.00 bits per heavy atom. The fourth-order valence-corrected chi connectivity index (χ4v) is 2.21. The minimum Gasteiger partial charge on any atom is -0.490 e. The van der Waals surface area contributed by atoms with Crippen molar-refractivity contribution >= 4 is 15.9 Å². The fourth-order valence-electron chi connectivity index (χ4n) is 1.80. The Hall–Kier alpha value is -0.540. The summed E-state index contributed by atoms with van der Waals surface area (Å²) in [7, 11) is 0. The highest BCUT2D eigenvalue weighted by Crippen LogP contribution is 2.25. The van der Waals surface area contributed by atoms with Gasteiger partial charge in [0.25, 0.3) is 0 Å². The number of halogens is 1. The largest absolute Gasteiger partial charge is 0.490 e. The van der Waals surface area contributed by atoms with Crippen LogP contribution in [0.15, 0.2) is 22.7 Å². The molecule has 1 aromatic rings. The lowest BCUT2D eigenvalue weighted by Crippen LogP contribution is -2.22. The van der Waals surface area contributed by atoms with Crippen molar-refractivity contribution in [3.63, 3.8) is 0 Å². The van der Waals surface area contributed by atoms with E-state index >= 15 is 0 Å². The molecule has 0 saturated carbocycles. The van der Waals surface area contributed by atoms with Gasteiger partial charge >= 0.3 is 0 Å². The summed E-state index contributed by atoms with van der Waals surface area (Å²) in [6.45, 7) is 9.45. The van der Waals surface area contributed by atoms with Gasteiger partial charge in [-0.2, -0.15) is 0 Å². The molecule has 0 aromatic heterocycles. The van der Waals surface area contributed by atoms with E-state index in [1.165, 1.54) is 5.56 Å². The first-order chi connectivity index (χ1) is 8.52. The first kappa shape index (κ1) is 15.5. The fraction of sp³-hybridized carbons (Fsp3) is 0.600. The molecule has 18 heavy (non-hydrogen) atoms. The quantitative estimate of drug-likeness (QED) is 0.799. The predicted octanol–water partition coefficient (Wildman–Crippen LogP) is 4.51. The van der Waals surface area contributed by atoms with Crippen molar-refractivity contribution in [1.29, 1.82) is 0 Å². The Bertz CT molecular complexity index is 366. The monoisotopic (exact) mass is 313 g/mol. The van der Waals surface area contributed by atoms with Crippen LogP contribution in [0.4, 0.5) is 0 Å². The van der Waals surface area contributed by atoms with Crippen LogP contribution in [0.2, 0.25) is 0 Å². The van der Waals surface area contributed by atoms with Gasteiger partial charge in [-0.1, -0.05) is 43.1 Å². The van der Waals surface area contributed by atoms with Gasteiger partial charge < -0.3 is 10.1 Å². The van der Waals surface area contributed by atoms with Crippen molar-refractivity contribution in [3.05, 3.63) is 28.2 Å². The van der Waals surface area contributed by atoms with E-state index in [2.05, 4.69) is 55.0 Å². The van der Waals surface area contributed by atoms with Gasteiger partial charge in [0.2, 0.25) is 0 Å². The first-order valence-corrected chi connectivity index (χ1v) is 7.50. The van der Waals surface area contributed by atoms with Crippen LogP contribution in [0, 0.1) is 0 Å². The third-order valence-electron chi connectivity index (χ3n) is 2.75. The predicted molar refractivity (Wildman–Crippen MR) is 81.1 cm³/mol. The van der Waals surface area contributed by atoms with Crippen molar-refractivity contribution in [2.75, 3.05) is 0 Å². The summed E-state index contributed by atoms with van der Waals surface area (Å²) in [6.07, 6.45) is 2.51. The molecular weight excluding hydrogens is 290 g/mol. The van der Waals surface area contributed by atoms with E-state index in [0.717, 1.165) is 29.6 Å². The molecule has 1 atom stereocenters. The van der Waals surface area contributed by atoms with E-state index in [1.807, 2.05) is 12.1 Å². The molecule has 3 heteroatoms. The summed E-state index contributed by atoms with van der Waals surface area (Å²) in [5.41, 5.74) is 1.21. The van der Waals surface area contributed by atoms with E-state index in [4.69, 9.17) is 4.74 Å². The molecule has 0 aliphatic heterocycles. The lowest BCUT2D eigenvalue weighted by molar-refractivity contribution is 0.207. The molecule has 0 aliphatic carbocycles. The maximum atomic E-state index is 6.01. The van der Waals surface area contributed by atoms with E-state index in [-0.39, 0.29) is 6.10 Å². The number of hydrogen-bond acceptors (Lipinski definition) is 2. The van der Waals surface area contributed by atoms with Crippen LogP contribution < -0.4 is 10.1 Å². The molecule has 1 aromatic carbocycles. The molecule has 0 radical (unpaired) electrons. The van der Waals surface area contributed by atoms with Gasteiger partial charge in [-0.05, 0) is 31.5 Å². The molecule has 2 nitrogen and oxygen atoms in total. The molecule has 1 N–H and O–H groups in total. The Morgan fingerprint density at radius 3 is 2.61 bits per heavy atom. The third-order valence-corrected chi connectivity index (χ3v) is 3.24. The summed E-state index contributed by atoms with van der Waals surface area (Å²) in [4.78, 5) is 0. The molecule has 1 rings (SSSR count). The van der Waals surface area contributed by atoms with Crippen LogP contribution in [0.25, 0.3) is 0 Å². The minimum atomic E-state index is 0.272. The van der Waals surface area contributed by atoms with Crippen LogP contribution >= 0.6 is 15.9 Å². The summed E-state index contributed by atoms with van der Waals surface area (Å²) >= 11 is 3.52. The third kappa shape index (κ3) is 5.40. The number of ether oxygens (including phenoxy) is 1.